The minimum atomic E-state index is -0.275. The minimum absolute atomic E-state index is 0.228. The number of carbonyl (C=O) groups excluding carboxylic acids is 2. The maximum Gasteiger partial charge on any atom is 0.269 e. The summed E-state index contributed by atoms with van der Waals surface area (Å²) in [6, 6.07) is 10.3. The van der Waals surface area contributed by atoms with Crippen LogP contribution in [0.15, 0.2) is 76.5 Å². The molecule has 188 valence electrons. The van der Waals surface area contributed by atoms with Crippen LogP contribution < -0.4 is 20.5 Å². The van der Waals surface area contributed by atoms with Crippen LogP contribution in [0, 0.1) is 0 Å². The summed E-state index contributed by atoms with van der Waals surface area (Å²) in [5.74, 6) is 1.16. The van der Waals surface area contributed by atoms with Crippen molar-refractivity contribution in [2.75, 3.05) is 20.8 Å². The van der Waals surface area contributed by atoms with Crippen LogP contribution in [0.4, 0.5) is 5.82 Å². The second kappa shape index (κ2) is 11.6. The van der Waals surface area contributed by atoms with E-state index in [1.807, 2.05) is 0 Å². The monoisotopic (exact) mass is 499 g/mol. The molecule has 37 heavy (non-hydrogen) atoms. The van der Waals surface area contributed by atoms with Crippen molar-refractivity contribution in [3.8, 4) is 11.6 Å². The van der Waals surface area contributed by atoms with E-state index in [1.54, 1.807) is 54.9 Å². The van der Waals surface area contributed by atoms with Gasteiger partial charge in [0, 0.05) is 42.5 Å². The molecule has 0 saturated carbocycles. The van der Waals surface area contributed by atoms with Crippen molar-refractivity contribution in [3.63, 3.8) is 0 Å². The zero-order valence-electron chi connectivity index (χ0n) is 20.3. The Balaban J connectivity index is 1.49. The number of amides is 2. The third kappa shape index (κ3) is 6.34. The van der Waals surface area contributed by atoms with Crippen LogP contribution in [0.3, 0.4) is 0 Å². The zero-order valence-corrected chi connectivity index (χ0v) is 20.3. The molecule has 1 aliphatic rings. The van der Waals surface area contributed by atoms with Crippen molar-refractivity contribution in [1.29, 1.82) is 0 Å². The van der Waals surface area contributed by atoms with Crippen LogP contribution >= 0.6 is 0 Å². The third-order valence-electron chi connectivity index (χ3n) is 5.34. The van der Waals surface area contributed by atoms with Gasteiger partial charge in [0.1, 0.15) is 5.71 Å². The number of benzene rings is 1. The van der Waals surface area contributed by atoms with Gasteiger partial charge in [-0.3, -0.25) is 9.59 Å². The molecule has 0 fully saturated rings. The summed E-state index contributed by atoms with van der Waals surface area (Å²) in [4.78, 5) is 43.5. The first-order valence-electron chi connectivity index (χ1n) is 11.3. The lowest BCUT2D eigenvalue weighted by Gasteiger charge is -2.08. The van der Waals surface area contributed by atoms with E-state index in [-0.39, 0.29) is 11.8 Å². The molecular weight excluding hydrogens is 474 g/mol. The molecule has 1 aliphatic heterocycles. The number of hydrogen-bond donors (Lipinski definition) is 3. The van der Waals surface area contributed by atoms with E-state index in [1.165, 1.54) is 26.5 Å². The summed E-state index contributed by atoms with van der Waals surface area (Å²) in [6.45, 7) is 0.390. The fraction of sp³-hybridized carbons (Fsp3) is 0.154. The molecule has 0 saturated heterocycles. The van der Waals surface area contributed by atoms with Gasteiger partial charge in [-0.05, 0) is 47.9 Å². The standard InChI is InChI=1S/C26H25N7O4/c1-36-21-7-8-22(33-26(21)37-2)32-20(24-28-11-12-29-24)14-19(27)17-3-5-18(6-4-17)25(35)30-10-9-16-13-23(34)31-15-16/h3-8,11-15H,9-10,27H2,1-2H3,(H,28,29)(H,30,35)/b19-14-,32-20?. The molecule has 0 bridgehead atoms. The highest BCUT2D eigenvalue weighted by atomic mass is 16.5. The van der Waals surface area contributed by atoms with Crippen LogP contribution in [0.25, 0.3) is 5.70 Å². The van der Waals surface area contributed by atoms with Crippen molar-refractivity contribution in [1.82, 2.24) is 20.3 Å². The van der Waals surface area contributed by atoms with Gasteiger partial charge in [-0.25, -0.2) is 15.0 Å². The van der Waals surface area contributed by atoms with Gasteiger partial charge in [0.25, 0.3) is 17.7 Å². The number of nitrogens with one attached hydrogen (secondary N) is 2. The minimum Gasteiger partial charge on any atom is -0.491 e. The number of ether oxygens (including phenoxy) is 2. The van der Waals surface area contributed by atoms with E-state index in [9.17, 15) is 9.59 Å². The molecule has 1 aromatic carbocycles. The third-order valence-corrected chi connectivity index (χ3v) is 5.34. The fourth-order valence-electron chi connectivity index (χ4n) is 3.45. The second-order valence-electron chi connectivity index (χ2n) is 7.81. The molecule has 3 heterocycles. The van der Waals surface area contributed by atoms with Gasteiger partial charge in [-0.2, -0.15) is 4.98 Å². The molecule has 0 radical (unpaired) electrons. The molecule has 4 N–H and O–H groups in total. The summed E-state index contributed by atoms with van der Waals surface area (Å²) in [5.41, 5.74) is 9.21. The molecule has 0 spiro atoms. The Labute approximate surface area is 212 Å². The Morgan fingerprint density at radius 3 is 2.57 bits per heavy atom. The average molecular weight is 500 g/mol. The number of nitrogens with zero attached hydrogens (tertiary/aromatic N) is 4. The lowest BCUT2D eigenvalue weighted by atomic mass is 10.1. The predicted molar refractivity (Wildman–Crippen MR) is 139 cm³/mol. The van der Waals surface area contributed by atoms with Gasteiger partial charge in [0.05, 0.1) is 14.2 Å². The van der Waals surface area contributed by atoms with Gasteiger partial charge in [-0.1, -0.05) is 12.1 Å². The van der Waals surface area contributed by atoms with E-state index < -0.39 is 0 Å². The van der Waals surface area contributed by atoms with Gasteiger partial charge < -0.3 is 25.5 Å². The number of H-pyrrole nitrogens is 1. The molecule has 0 aliphatic carbocycles. The Bertz CT molecular complexity index is 1410. The average Bonchev–Trinajstić information content (AvgIpc) is 3.60. The summed E-state index contributed by atoms with van der Waals surface area (Å²) >= 11 is 0. The Morgan fingerprint density at radius 2 is 1.92 bits per heavy atom. The highest BCUT2D eigenvalue weighted by Gasteiger charge is 2.12. The first-order chi connectivity index (χ1) is 18.0. The highest BCUT2D eigenvalue weighted by molar-refractivity contribution is 6.11. The predicted octanol–water partition coefficient (Wildman–Crippen LogP) is 2.60. The lowest BCUT2D eigenvalue weighted by molar-refractivity contribution is -0.113. The van der Waals surface area contributed by atoms with Crippen molar-refractivity contribution in [2.45, 2.75) is 6.42 Å². The molecule has 2 aromatic heterocycles. The number of carbonyl (C=O) groups is 2. The van der Waals surface area contributed by atoms with Crippen LogP contribution in [0.2, 0.25) is 0 Å². The van der Waals surface area contributed by atoms with Crippen LogP contribution in [0.1, 0.15) is 28.2 Å². The number of imidazole rings is 1. The van der Waals surface area contributed by atoms with Gasteiger partial charge in [-0.15, -0.1) is 0 Å². The maximum atomic E-state index is 12.5. The van der Waals surface area contributed by atoms with Crippen molar-refractivity contribution in [2.24, 2.45) is 15.7 Å². The number of aromatic nitrogens is 3. The fourth-order valence-corrected chi connectivity index (χ4v) is 3.45. The smallest absolute Gasteiger partial charge is 0.269 e. The molecule has 11 nitrogen and oxygen atoms in total. The van der Waals surface area contributed by atoms with Crippen molar-refractivity contribution in [3.05, 3.63) is 83.5 Å². The van der Waals surface area contributed by atoms with Gasteiger partial charge >= 0.3 is 0 Å². The first kappa shape index (κ1) is 25.0. The number of rotatable bonds is 10. The second-order valence-corrected chi connectivity index (χ2v) is 7.81. The van der Waals surface area contributed by atoms with E-state index in [0.717, 1.165) is 5.57 Å². The molecule has 0 atom stereocenters. The molecule has 0 unspecified atom stereocenters. The van der Waals surface area contributed by atoms with Crippen LogP contribution in [-0.2, 0) is 4.79 Å². The Morgan fingerprint density at radius 1 is 1.14 bits per heavy atom. The lowest BCUT2D eigenvalue weighted by Crippen LogP contribution is -2.24. The normalized spacial score (nSPS) is 13.5. The summed E-state index contributed by atoms with van der Waals surface area (Å²) in [7, 11) is 3.03. The largest absolute Gasteiger partial charge is 0.491 e. The molecule has 4 rings (SSSR count). The highest BCUT2D eigenvalue weighted by Crippen LogP contribution is 2.27. The Hall–Kier alpha value is -5.06. The van der Waals surface area contributed by atoms with Gasteiger partial charge in [0.2, 0.25) is 0 Å². The number of methoxy groups -OCH3 is 2. The zero-order chi connectivity index (χ0) is 26.2. The number of nitrogens with two attached hydrogens (primary N) is 1. The maximum absolute atomic E-state index is 12.5. The Kier molecular flexibility index (Phi) is 7.84. The van der Waals surface area contributed by atoms with E-state index >= 15 is 0 Å². The van der Waals surface area contributed by atoms with E-state index in [4.69, 9.17) is 15.2 Å². The van der Waals surface area contributed by atoms with Gasteiger partial charge in [0.15, 0.2) is 17.4 Å². The molecular formula is C26H25N7O4. The first-order valence-corrected chi connectivity index (χ1v) is 11.3. The number of aliphatic imine (C=N–C) groups is 2. The van der Waals surface area contributed by atoms with Crippen LogP contribution in [-0.4, -0.2) is 59.5 Å². The summed E-state index contributed by atoms with van der Waals surface area (Å²) < 4.78 is 10.5. The number of hydrogen-bond acceptors (Lipinski definition) is 8. The van der Waals surface area contributed by atoms with Crippen LogP contribution in [0.5, 0.6) is 11.6 Å². The SMILES string of the molecule is COc1ccc(N=C(/C=C(\N)c2ccc(C(=O)NCCC3=CC(=O)N=C3)cc2)c2ncc[nH]2)nc1OC. The van der Waals surface area contributed by atoms with E-state index in [0.29, 0.717) is 58.8 Å². The number of allylic oxidation sites excluding steroid dienone is 1. The number of pyridine rings is 1. The molecule has 11 heteroatoms. The quantitative estimate of drug-likeness (QED) is 0.362. The van der Waals surface area contributed by atoms with Crippen molar-refractivity contribution >= 4 is 35.3 Å². The van der Waals surface area contributed by atoms with E-state index in [2.05, 4.69) is 30.3 Å². The molecule has 3 aromatic rings. The molecule has 2 amide bonds. The number of aromatic amines is 1. The van der Waals surface area contributed by atoms with Crippen molar-refractivity contribution < 1.29 is 19.1 Å². The summed E-state index contributed by atoms with van der Waals surface area (Å²) in [5, 5.41) is 2.83. The topological polar surface area (TPSA) is 157 Å². The summed E-state index contributed by atoms with van der Waals surface area (Å²) in [6.07, 6.45) is 8.46.